The summed E-state index contributed by atoms with van der Waals surface area (Å²) in [5.74, 6) is 0.157. The minimum Gasteiger partial charge on any atom is -0.351 e. The third kappa shape index (κ3) is 3.77. The van der Waals surface area contributed by atoms with E-state index in [1.54, 1.807) is 0 Å². The molecule has 3 heteroatoms. The zero-order valence-corrected chi connectivity index (χ0v) is 14.7. The summed E-state index contributed by atoms with van der Waals surface area (Å²) < 4.78 is 0. The molecule has 4 rings (SSSR count). The lowest BCUT2D eigenvalue weighted by Crippen LogP contribution is -2.47. The third-order valence-corrected chi connectivity index (χ3v) is 5.63. The quantitative estimate of drug-likeness (QED) is 0.926. The Morgan fingerprint density at radius 3 is 2.48 bits per heavy atom. The van der Waals surface area contributed by atoms with Gasteiger partial charge in [-0.3, -0.25) is 9.69 Å². The van der Waals surface area contributed by atoms with Crippen molar-refractivity contribution < 1.29 is 4.79 Å². The minimum atomic E-state index is 0.157. The van der Waals surface area contributed by atoms with Crippen molar-refractivity contribution in [1.82, 2.24) is 10.2 Å². The van der Waals surface area contributed by atoms with Crippen LogP contribution in [0, 0.1) is 0 Å². The molecule has 2 aromatic carbocycles. The van der Waals surface area contributed by atoms with Crippen LogP contribution in [0.1, 0.15) is 31.2 Å². The highest BCUT2D eigenvalue weighted by Gasteiger charge is 2.36. The van der Waals surface area contributed by atoms with E-state index in [1.807, 2.05) is 18.2 Å². The molecule has 0 saturated carbocycles. The molecule has 0 bridgehead atoms. The number of rotatable bonds is 4. The van der Waals surface area contributed by atoms with Crippen molar-refractivity contribution in [2.24, 2.45) is 0 Å². The van der Waals surface area contributed by atoms with E-state index in [4.69, 9.17) is 0 Å². The molecule has 0 aliphatic carbocycles. The molecule has 3 nitrogen and oxygen atoms in total. The minimum absolute atomic E-state index is 0.157. The highest BCUT2D eigenvalue weighted by molar-refractivity contribution is 5.79. The normalized spacial score (nSPS) is 23.2. The van der Waals surface area contributed by atoms with E-state index in [9.17, 15) is 4.79 Å². The van der Waals surface area contributed by atoms with Crippen molar-refractivity contribution in [2.45, 2.75) is 44.2 Å². The van der Waals surface area contributed by atoms with E-state index in [2.05, 4.69) is 46.6 Å². The first kappa shape index (κ1) is 16.3. The average Bonchev–Trinajstić information content (AvgIpc) is 3.06. The smallest absolute Gasteiger partial charge is 0.224 e. The SMILES string of the molecule is O=C(Cc1ccc(-c2ccccc2)cc1)N[C@H]1CCN2CCCC[C@H]12. The van der Waals surface area contributed by atoms with Crippen LogP contribution in [-0.2, 0) is 11.2 Å². The maximum Gasteiger partial charge on any atom is 0.224 e. The highest BCUT2D eigenvalue weighted by Crippen LogP contribution is 2.27. The number of piperidine rings is 1. The topological polar surface area (TPSA) is 32.3 Å². The molecule has 1 N–H and O–H groups in total. The average molecular weight is 334 g/mol. The van der Waals surface area contributed by atoms with Gasteiger partial charge in [0, 0.05) is 18.6 Å². The number of nitrogens with zero attached hydrogens (tertiary/aromatic N) is 1. The summed E-state index contributed by atoms with van der Waals surface area (Å²) >= 11 is 0. The first-order chi connectivity index (χ1) is 12.3. The molecule has 130 valence electrons. The number of amides is 1. The Morgan fingerprint density at radius 2 is 1.68 bits per heavy atom. The van der Waals surface area contributed by atoms with Crippen molar-refractivity contribution in [3.63, 3.8) is 0 Å². The fraction of sp³-hybridized carbons (Fsp3) is 0.409. The second kappa shape index (κ2) is 7.40. The van der Waals surface area contributed by atoms with Crippen molar-refractivity contribution in [2.75, 3.05) is 13.1 Å². The van der Waals surface area contributed by atoms with E-state index in [0.29, 0.717) is 18.5 Å². The van der Waals surface area contributed by atoms with Crippen LogP contribution in [0.5, 0.6) is 0 Å². The lowest BCUT2D eigenvalue weighted by Gasteiger charge is -2.32. The molecule has 2 saturated heterocycles. The van der Waals surface area contributed by atoms with E-state index < -0.39 is 0 Å². The number of carbonyl (C=O) groups is 1. The highest BCUT2D eigenvalue weighted by atomic mass is 16.1. The first-order valence-corrected chi connectivity index (χ1v) is 9.47. The number of hydrogen-bond donors (Lipinski definition) is 1. The number of carbonyl (C=O) groups excluding carboxylic acids is 1. The van der Waals surface area contributed by atoms with Crippen LogP contribution >= 0.6 is 0 Å². The molecule has 0 spiro atoms. The molecular weight excluding hydrogens is 308 g/mol. The summed E-state index contributed by atoms with van der Waals surface area (Å²) in [6.45, 7) is 2.35. The third-order valence-electron chi connectivity index (χ3n) is 5.63. The molecule has 2 fully saturated rings. The summed E-state index contributed by atoms with van der Waals surface area (Å²) in [5.41, 5.74) is 3.48. The Kier molecular flexibility index (Phi) is 4.84. The number of nitrogens with one attached hydrogen (secondary N) is 1. The van der Waals surface area contributed by atoms with Gasteiger partial charge in [0.25, 0.3) is 0 Å². The monoisotopic (exact) mass is 334 g/mol. The van der Waals surface area contributed by atoms with Gasteiger partial charge in [-0.25, -0.2) is 0 Å². The van der Waals surface area contributed by atoms with Crippen molar-refractivity contribution >= 4 is 5.91 Å². The summed E-state index contributed by atoms with van der Waals surface area (Å²) in [6, 6.07) is 19.6. The van der Waals surface area contributed by atoms with Crippen molar-refractivity contribution in [3.8, 4) is 11.1 Å². The molecule has 2 atom stereocenters. The lowest BCUT2D eigenvalue weighted by molar-refractivity contribution is -0.121. The fourth-order valence-corrected chi connectivity index (χ4v) is 4.30. The number of hydrogen-bond acceptors (Lipinski definition) is 2. The predicted octanol–water partition coefficient (Wildman–Crippen LogP) is 3.64. The Bertz CT molecular complexity index is 711. The molecule has 2 heterocycles. The van der Waals surface area contributed by atoms with Crippen LogP contribution in [0.3, 0.4) is 0 Å². The van der Waals surface area contributed by atoms with E-state index in [-0.39, 0.29) is 5.91 Å². The second-order valence-corrected chi connectivity index (χ2v) is 7.30. The lowest BCUT2D eigenvalue weighted by atomic mass is 9.98. The van der Waals surface area contributed by atoms with Gasteiger partial charge >= 0.3 is 0 Å². The van der Waals surface area contributed by atoms with Crippen LogP contribution < -0.4 is 5.32 Å². The molecule has 2 aliphatic rings. The van der Waals surface area contributed by atoms with Crippen LogP contribution in [0.15, 0.2) is 54.6 Å². The number of benzene rings is 2. The predicted molar refractivity (Wildman–Crippen MR) is 101 cm³/mol. The zero-order chi connectivity index (χ0) is 17.1. The molecule has 1 amide bonds. The Morgan fingerprint density at radius 1 is 0.920 bits per heavy atom. The van der Waals surface area contributed by atoms with E-state index >= 15 is 0 Å². The second-order valence-electron chi connectivity index (χ2n) is 7.30. The zero-order valence-electron chi connectivity index (χ0n) is 14.7. The fourth-order valence-electron chi connectivity index (χ4n) is 4.30. The van der Waals surface area contributed by atoms with Crippen LogP contribution in [0.4, 0.5) is 0 Å². The Balaban J connectivity index is 1.35. The van der Waals surface area contributed by atoms with Crippen LogP contribution in [-0.4, -0.2) is 36.0 Å². The van der Waals surface area contributed by atoms with E-state index in [0.717, 1.165) is 18.5 Å². The van der Waals surface area contributed by atoms with Gasteiger partial charge in [0.15, 0.2) is 0 Å². The van der Waals surface area contributed by atoms with Crippen LogP contribution in [0.25, 0.3) is 11.1 Å². The maximum atomic E-state index is 12.5. The molecule has 0 aromatic heterocycles. The van der Waals surface area contributed by atoms with Gasteiger partial charge in [0.1, 0.15) is 0 Å². The van der Waals surface area contributed by atoms with Gasteiger partial charge in [-0.2, -0.15) is 0 Å². The molecule has 25 heavy (non-hydrogen) atoms. The Labute approximate surface area is 150 Å². The van der Waals surface area contributed by atoms with Gasteiger partial charge in [-0.05, 0) is 42.5 Å². The molecule has 0 radical (unpaired) electrons. The van der Waals surface area contributed by atoms with Gasteiger partial charge in [0.05, 0.1) is 6.42 Å². The van der Waals surface area contributed by atoms with Gasteiger partial charge < -0.3 is 5.32 Å². The van der Waals surface area contributed by atoms with Gasteiger partial charge in [0.2, 0.25) is 5.91 Å². The molecule has 0 unspecified atom stereocenters. The summed E-state index contributed by atoms with van der Waals surface area (Å²) in [4.78, 5) is 15.0. The van der Waals surface area contributed by atoms with Gasteiger partial charge in [-0.1, -0.05) is 61.0 Å². The number of fused-ring (bicyclic) bond motifs is 1. The van der Waals surface area contributed by atoms with Crippen molar-refractivity contribution in [1.29, 1.82) is 0 Å². The summed E-state index contributed by atoms with van der Waals surface area (Å²) in [6.07, 6.45) is 5.41. The first-order valence-electron chi connectivity index (χ1n) is 9.47. The largest absolute Gasteiger partial charge is 0.351 e. The maximum absolute atomic E-state index is 12.5. The Hall–Kier alpha value is -2.13. The van der Waals surface area contributed by atoms with E-state index in [1.165, 1.54) is 36.9 Å². The summed E-state index contributed by atoms with van der Waals surface area (Å²) in [5, 5.41) is 3.29. The standard InChI is InChI=1S/C22H26N2O/c25-22(23-20-13-15-24-14-5-4-8-21(20)24)16-17-9-11-19(12-10-17)18-6-2-1-3-7-18/h1-3,6-7,9-12,20-21H,4-5,8,13-16H2,(H,23,25)/t20-,21+/m0/s1. The van der Waals surface area contributed by atoms with Gasteiger partial charge in [-0.15, -0.1) is 0 Å². The molecule has 2 aromatic rings. The molecule has 2 aliphatic heterocycles. The summed E-state index contributed by atoms with van der Waals surface area (Å²) in [7, 11) is 0. The molecular formula is C22H26N2O. The van der Waals surface area contributed by atoms with Crippen molar-refractivity contribution in [3.05, 3.63) is 60.2 Å². The van der Waals surface area contributed by atoms with Crippen LogP contribution in [0.2, 0.25) is 0 Å².